The highest BCUT2D eigenvalue weighted by Gasteiger charge is 2.30. The van der Waals surface area contributed by atoms with E-state index in [0.717, 1.165) is 19.4 Å². The zero-order valence-electron chi connectivity index (χ0n) is 12.0. The first-order chi connectivity index (χ1) is 10.1. The molecule has 7 heteroatoms. The van der Waals surface area contributed by atoms with Crippen molar-refractivity contribution < 1.29 is 12.8 Å². The molecule has 1 heterocycles. The summed E-state index contributed by atoms with van der Waals surface area (Å²) >= 11 is 0. The molecule has 0 atom stereocenters. The maximum absolute atomic E-state index is 13.7. The molecule has 0 aromatic heterocycles. The van der Waals surface area contributed by atoms with Gasteiger partial charge in [-0.3, -0.25) is 0 Å². The Morgan fingerprint density at radius 1 is 1.10 bits per heavy atom. The first kappa shape index (κ1) is 16.4. The van der Waals surface area contributed by atoms with Crippen molar-refractivity contribution >= 4 is 10.0 Å². The van der Waals surface area contributed by atoms with Crippen molar-refractivity contribution in [2.45, 2.75) is 17.7 Å². The van der Waals surface area contributed by atoms with Crippen LogP contribution in [0.25, 0.3) is 0 Å². The SMILES string of the molecule is NCCCCN1CCN(S(=O)(=O)c2ccccc2F)CC1. The summed E-state index contributed by atoms with van der Waals surface area (Å²) in [7, 11) is -3.73. The fourth-order valence-electron chi connectivity index (χ4n) is 2.47. The number of rotatable bonds is 6. The van der Waals surface area contributed by atoms with Crippen molar-refractivity contribution in [3.05, 3.63) is 30.1 Å². The molecule has 0 unspecified atom stereocenters. The number of nitrogens with two attached hydrogens (primary N) is 1. The van der Waals surface area contributed by atoms with E-state index in [4.69, 9.17) is 5.73 Å². The van der Waals surface area contributed by atoms with Gasteiger partial charge in [0, 0.05) is 26.2 Å². The predicted octanol–water partition coefficient (Wildman–Crippen LogP) is 0.871. The van der Waals surface area contributed by atoms with E-state index in [9.17, 15) is 12.8 Å². The highest BCUT2D eigenvalue weighted by molar-refractivity contribution is 7.89. The second-order valence-corrected chi connectivity index (χ2v) is 7.08. The summed E-state index contributed by atoms with van der Waals surface area (Å²) in [6.45, 7) is 3.78. The van der Waals surface area contributed by atoms with Gasteiger partial charge in [-0.05, 0) is 38.1 Å². The Morgan fingerprint density at radius 3 is 2.38 bits per heavy atom. The van der Waals surface area contributed by atoms with Crippen LogP contribution in [0.1, 0.15) is 12.8 Å². The summed E-state index contributed by atoms with van der Waals surface area (Å²) in [5.41, 5.74) is 5.46. The van der Waals surface area contributed by atoms with Crippen LogP contribution in [-0.2, 0) is 10.0 Å². The van der Waals surface area contributed by atoms with Crippen LogP contribution in [0.4, 0.5) is 4.39 Å². The monoisotopic (exact) mass is 315 g/mol. The Bertz CT molecular complexity index is 557. The first-order valence-electron chi connectivity index (χ1n) is 7.23. The van der Waals surface area contributed by atoms with Crippen molar-refractivity contribution in [1.29, 1.82) is 0 Å². The molecule has 0 bridgehead atoms. The molecule has 1 aromatic rings. The topological polar surface area (TPSA) is 66.6 Å². The number of benzene rings is 1. The van der Waals surface area contributed by atoms with E-state index in [1.165, 1.54) is 22.5 Å². The second-order valence-electron chi connectivity index (χ2n) is 5.17. The molecular formula is C14H22FN3O2S. The van der Waals surface area contributed by atoms with Gasteiger partial charge in [0.1, 0.15) is 10.7 Å². The van der Waals surface area contributed by atoms with Crippen LogP contribution < -0.4 is 5.73 Å². The normalized spacial score (nSPS) is 18.0. The third kappa shape index (κ3) is 4.00. The number of piperazine rings is 1. The summed E-state index contributed by atoms with van der Waals surface area (Å²) < 4.78 is 39.9. The highest BCUT2D eigenvalue weighted by Crippen LogP contribution is 2.20. The molecular weight excluding hydrogens is 293 g/mol. The third-order valence-electron chi connectivity index (χ3n) is 3.71. The largest absolute Gasteiger partial charge is 0.330 e. The number of unbranched alkanes of at least 4 members (excludes halogenated alkanes) is 1. The van der Waals surface area contributed by atoms with Crippen LogP contribution in [0.15, 0.2) is 29.2 Å². The molecule has 2 N–H and O–H groups in total. The smallest absolute Gasteiger partial charge is 0.246 e. The molecule has 0 saturated carbocycles. The molecule has 1 aromatic carbocycles. The molecule has 0 amide bonds. The summed E-state index contributed by atoms with van der Waals surface area (Å²) in [5, 5.41) is 0. The van der Waals surface area contributed by atoms with Gasteiger partial charge in [-0.15, -0.1) is 0 Å². The molecule has 1 aliphatic heterocycles. The van der Waals surface area contributed by atoms with Crippen molar-refractivity contribution in [2.24, 2.45) is 5.73 Å². The summed E-state index contributed by atoms with van der Waals surface area (Å²) in [6.07, 6.45) is 2.00. The maximum atomic E-state index is 13.7. The molecule has 2 rings (SSSR count). The quantitative estimate of drug-likeness (QED) is 0.791. The van der Waals surface area contributed by atoms with Gasteiger partial charge < -0.3 is 10.6 Å². The fourth-order valence-corrected chi connectivity index (χ4v) is 3.95. The van der Waals surface area contributed by atoms with Crippen LogP contribution in [0.2, 0.25) is 0 Å². The van der Waals surface area contributed by atoms with E-state index >= 15 is 0 Å². The summed E-state index contributed by atoms with van der Waals surface area (Å²) in [6, 6.07) is 5.52. The zero-order chi connectivity index (χ0) is 15.3. The lowest BCUT2D eigenvalue weighted by molar-refractivity contribution is 0.185. The van der Waals surface area contributed by atoms with Gasteiger partial charge in [-0.1, -0.05) is 12.1 Å². The average molecular weight is 315 g/mol. The first-order valence-corrected chi connectivity index (χ1v) is 8.67. The van der Waals surface area contributed by atoms with Gasteiger partial charge in [0.15, 0.2) is 0 Å². The van der Waals surface area contributed by atoms with E-state index in [1.54, 1.807) is 6.07 Å². The van der Waals surface area contributed by atoms with Crippen LogP contribution in [0.5, 0.6) is 0 Å². The average Bonchev–Trinajstić information content (AvgIpc) is 2.48. The zero-order valence-corrected chi connectivity index (χ0v) is 12.9. The lowest BCUT2D eigenvalue weighted by Crippen LogP contribution is -2.48. The van der Waals surface area contributed by atoms with Gasteiger partial charge >= 0.3 is 0 Å². The van der Waals surface area contributed by atoms with Crippen LogP contribution in [-0.4, -0.2) is 56.9 Å². The Balaban J connectivity index is 1.97. The summed E-state index contributed by atoms with van der Waals surface area (Å²) in [4.78, 5) is 1.99. The number of hydrogen-bond acceptors (Lipinski definition) is 4. The van der Waals surface area contributed by atoms with Crippen LogP contribution >= 0.6 is 0 Å². The molecule has 5 nitrogen and oxygen atoms in total. The van der Waals surface area contributed by atoms with Crippen LogP contribution in [0.3, 0.4) is 0 Å². The number of halogens is 1. The van der Waals surface area contributed by atoms with E-state index < -0.39 is 15.8 Å². The fraction of sp³-hybridized carbons (Fsp3) is 0.571. The molecule has 0 radical (unpaired) electrons. The van der Waals surface area contributed by atoms with Gasteiger partial charge in [0.2, 0.25) is 10.0 Å². The predicted molar refractivity (Wildman–Crippen MR) is 79.9 cm³/mol. The van der Waals surface area contributed by atoms with Gasteiger partial charge in [-0.25, -0.2) is 12.8 Å². The van der Waals surface area contributed by atoms with Gasteiger partial charge in [-0.2, -0.15) is 4.31 Å². The molecule has 0 aliphatic carbocycles. The van der Waals surface area contributed by atoms with E-state index in [2.05, 4.69) is 4.90 Å². The lowest BCUT2D eigenvalue weighted by Gasteiger charge is -2.34. The Labute approximate surface area is 125 Å². The van der Waals surface area contributed by atoms with Crippen LogP contribution in [0, 0.1) is 5.82 Å². The van der Waals surface area contributed by atoms with Crippen molar-refractivity contribution in [3.63, 3.8) is 0 Å². The molecule has 118 valence electrons. The minimum atomic E-state index is -3.73. The Morgan fingerprint density at radius 2 is 1.76 bits per heavy atom. The number of hydrogen-bond donors (Lipinski definition) is 1. The van der Waals surface area contributed by atoms with E-state index in [0.29, 0.717) is 32.7 Å². The van der Waals surface area contributed by atoms with Crippen molar-refractivity contribution in [3.8, 4) is 0 Å². The Hall–Kier alpha value is -1.02. The van der Waals surface area contributed by atoms with Gasteiger partial charge in [0.05, 0.1) is 0 Å². The number of sulfonamides is 1. The summed E-state index contributed by atoms with van der Waals surface area (Å²) in [5.74, 6) is -0.692. The highest BCUT2D eigenvalue weighted by atomic mass is 32.2. The van der Waals surface area contributed by atoms with Gasteiger partial charge in [0.25, 0.3) is 0 Å². The Kier molecular flexibility index (Phi) is 5.69. The molecule has 0 spiro atoms. The minimum Gasteiger partial charge on any atom is -0.330 e. The van der Waals surface area contributed by atoms with E-state index in [-0.39, 0.29) is 4.90 Å². The van der Waals surface area contributed by atoms with E-state index in [1.807, 2.05) is 0 Å². The molecule has 1 aliphatic rings. The standard InChI is InChI=1S/C14H22FN3O2S/c15-13-5-1-2-6-14(13)21(19,20)18-11-9-17(10-12-18)8-4-3-7-16/h1-2,5-6H,3-4,7-12,16H2. The molecule has 1 fully saturated rings. The maximum Gasteiger partial charge on any atom is 0.246 e. The second kappa shape index (κ2) is 7.31. The lowest BCUT2D eigenvalue weighted by atomic mass is 10.2. The third-order valence-corrected chi connectivity index (χ3v) is 5.65. The van der Waals surface area contributed by atoms with Crippen molar-refractivity contribution in [2.75, 3.05) is 39.3 Å². The molecule has 1 saturated heterocycles. The molecule has 21 heavy (non-hydrogen) atoms. The minimum absolute atomic E-state index is 0.235. The van der Waals surface area contributed by atoms with Crippen molar-refractivity contribution in [1.82, 2.24) is 9.21 Å². The number of nitrogens with zero attached hydrogens (tertiary/aromatic N) is 2.